The van der Waals surface area contributed by atoms with E-state index in [2.05, 4.69) is 15.2 Å². The summed E-state index contributed by atoms with van der Waals surface area (Å²) in [6.07, 6.45) is 4.34. The van der Waals surface area contributed by atoms with E-state index < -0.39 is 0 Å². The zero-order valence-corrected chi connectivity index (χ0v) is 14.8. The fraction of sp³-hybridized carbons (Fsp3) is 0.294. The Morgan fingerprint density at radius 2 is 2.08 bits per heavy atom. The van der Waals surface area contributed by atoms with E-state index in [0.717, 1.165) is 11.1 Å². The van der Waals surface area contributed by atoms with Crippen LogP contribution in [0, 0.1) is 0 Å². The van der Waals surface area contributed by atoms with Crippen molar-refractivity contribution in [2.45, 2.75) is 19.4 Å². The van der Waals surface area contributed by atoms with E-state index in [-0.39, 0.29) is 5.91 Å². The molecule has 0 aliphatic rings. The molecule has 130 valence electrons. The van der Waals surface area contributed by atoms with Crippen LogP contribution in [-0.4, -0.2) is 37.8 Å². The van der Waals surface area contributed by atoms with Crippen LogP contribution in [0.5, 0.6) is 0 Å². The summed E-state index contributed by atoms with van der Waals surface area (Å²) in [7, 11) is 3.61. The summed E-state index contributed by atoms with van der Waals surface area (Å²) >= 11 is 5.87. The molecule has 0 saturated carbocycles. The molecule has 8 heteroatoms. The van der Waals surface area contributed by atoms with Gasteiger partial charge in [-0.25, -0.2) is 0 Å². The summed E-state index contributed by atoms with van der Waals surface area (Å²) in [5, 5.41) is 8.69. The van der Waals surface area contributed by atoms with Gasteiger partial charge < -0.3 is 9.42 Å². The maximum Gasteiger partial charge on any atom is 0.227 e. The standard InChI is InChI=1S/C17H18ClN5O2/c1-22(10-12-9-19-23(2)11-12)16(24)8-7-15-20-17(21-25-15)13-3-5-14(18)6-4-13/h3-6,9,11H,7-8,10H2,1-2H3. The normalized spacial score (nSPS) is 10.8. The summed E-state index contributed by atoms with van der Waals surface area (Å²) in [5.74, 6) is 0.936. The molecule has 0 N–H and O–H groups in total. The molecule has 7 nitrogen and oxygen atoms in total. The van der Waals surface area contributed by atoms with E-state index in [4.69, 9.17) is 16.1 Å². The minimum Gasteiger partial charge on any atom is -0.341 e. The number of rotatable bonds is 6. The van der Waals surface area contributed by atoms with Crippen molar-refractivity contribution in [1.29, 1.82) is 0 Å². The van der Waals surface area contributed by atoms with Crippen LogP contribution in [0.1, 0.15) is 17.9 Å². The summed E-state index contributed by atoms with van der Waals surface area (Å²) in [5.41, 5.74) is 1.81. The predicted molar refractivity (Wildman–Crippen MR) is 92.7 cm³/mol. The second-order valence-electron chi connectivity index (χ2n) is 5.79. The van der Waals surface area contributed by atoms with Gasteiger partial charge in [0.15, 0.2) is 0 Å². The maximum absolute atomic E-state index is 12.2. The van der Waals surface area contributed by atoms with Crippen molar-refractivity contribution in [3.8, 4) is 11.4 Å². The minimum atomic E-state index is 0.00935. The lowest BCUT2D eigenvalue weighted by Gasteiger charge is -2.15. The molecule has 3 aromatic rings. The van der Waals surface area contributed by atoms with Crippen molar-refractivity contribution in [2.75, 3.05) is 7.05 Å². The van der Waals surface area contributed by atoms with Gasteiger partial charge in [-0.15, -0.1) is 0 Å². The first-order valence-electron chi connectivity index (χ1n) is 7.81. The highest BCUT2D eigenvalue weighted by Crippen LogP contribution is 2.19. The van der Waals surface area contributed by atoms with Crippen molar-refractivity contribution in [2.24, 2.45) is 7.05 Å². The van der Waals surface area contributed by atoms with Crippen LogP contribution in [0.3, 0.4) is 0 Å². The molecule has 0 aliphatic heterocycles. The quantitative estimate of drug-likeness (QED) is 0.676. The van der Waals surface area contributed by atoms with Crippen LogP contribution in [0.25, 0.3) is 11.4 Å². The van der Waals surface area contributed by atoms with Crippen molar-refractivity contribution < 1.29 is 9.32 Å². The van der Waals surface area contributed by atoms with Gasteiger partial charge in [0.25, 0.3) is 0 Å². The summed E-state index contributed by atoms with van der Waals surface area (Å²) < 4.78 is 6.94. The van der Waals surface area contributed by atoms with Gasteiger partial charge in [-0.05, 0) is 24.3 Å². The van der Waals surface area contributed by atoms with E-state index in [1.165, 1.54) is 0 Å². The summed E-state index contributed by atoms with van der Waals surface area (Å²) in [4.78, 5) is 18.2. The smallest absolute Gasteiger partial charge is 0.227 e. The number of hydrogen-bond acceptors (Lipinski definition) is 5. The zero-order chi connectivity index (χ0) is 17.8. The number of benzene rings is 1. The average Bonchev–Trinajstić information content (AvgIpc) is 3.22. The SMILES string of the molecule is CN(Cc1cnn(C)c1)C(=O)CCc1nc(-c2ccc(Cl)cc2)no1. The number of aryl methyl sites for hydroxylation is 2. The van der Waals surface area contributed by atoms with Crippen LogP contribution < -0.4 is 0 Å². The average molecular weight is 360 g/mol. The third-order valence-corrected chi connectivity index (χ3v) is 3.98. The Labute approximate surface area is 150 Å². The molecular weight excluding hydrogens is 342 g/mol. The Bertz CT molecular complexity index is 856. The lowest BCUT2D eigenvalue weighted by Crippen LogP contribution is -2.26. The van der Waals surface area contributed by atoms with Crippen molar-refractivity contribution in [3.05, 3.63) is 53.1 Å². The van der Waals surface area contributed by atoms with Gasteiger partial charge in [-0.1, -0.05) is 16.8 Å². The third-order valence-electron chi connectivity index (χ3n) is 3.73. The molecule has 1 aromatic carbocycles. The second kappa shape index (κ2) is 7.48. The highest BCUT2D eigenvalue weighted by atomic mass is 35.5. The fourth-order valence-corrected chi connectivity index (χ4v) is 2.52. The molecule has 0 fully saturated rings. The third kappa shape index (κ3) is 4.45. The van der Waals surface area contributed by atoms with Gasteiger partial charge >= 0.3 is 0 Å². The maximum atomic E-state index is 12.2. The van der Waals surface area contributed by atoms with Crippen molar-refractivity contribution in [3.63, 3.8) is 0 Å². The number of carbonyl (C=O) groups is 1. The summed E-state index contributed by atoms with van der Waals surface area (Å²) in [6, 6.07) is 7.18. The Balaban J connectivity index is 1.54. The number of amides is 1. The molecule has 3 rings (SSSR count). The van der Waals surface area contributed by atoms with Gasteiger partial charge in [-0.2, -0.15) is 10.1 Å². The molecular formula is C17H18ClN5O2. The van der Waals surface area contributed by atoms with E-state index in [9.17, 15) is 4.79 Å². The number of carbonyl (C=O) groups excluding carboxylic acids is 1. The van der Waals surface area contributed by atoms with E-state index in [1.54, 1.807) is 35.0 Å². The number of nitrogens with zero attached hydrogens (tertiary/aromatic N) is 5. The van der Waals surface area contributed by atoms with E-state index >= 15 is 0 Å². The fourth-order valence-electron chi connectivity index (χ4n) is 2.39. The summed E-state index contributed by atoms with van der Waals surface area (Å²) in [6.45, 7) is 0.520. The van der Waals surface area contributed by atoms with E-state index in [1.807, 2.05) is 25.4 Å². The number of halogens is 1. The molecule has 25 heavy (non-hydrogen) atoms. The van der Waals surface area contributed by atoms with Crippen LogP contribution in [0.4, 0.5) is 0 Å². The molecule has 0 radical (unpaired) electrons. The lowest BCUT2D eigenvalue weighted by molar-refractivity contribution is -0.130. The predicted octanol–water partition coefficient (Wildman–Crippen LogP) is 2.71. The van der Waals surface area contributed by atoms with Crippen LogP contribution in [0.2, 0.25) is 5.02 Å². The van der Waals surface area contributed by atoms with Gasteiger partial charge in [0, 0.05) is 55.8 Å². The Kier molecular flexibility index (Phi) is 5.14. The largest absolute Gasteiger partial charge is 0.341 e. The second-order valence-corrected chi connectivity index (χ2v) is 6.23. The highest BCUT2D eigenvalue weighted by Gasteiger charge is 2.14. The first kappa shape index (κ1) is 17.2. The molecule has 2 aromatic heterocycles. The first-order chi connectivity index (χ1) is 12.0. The topological polar surface area (TPSA) is 77.1 Å². The van der Waals surface area contributed by atoms with Crippen LogP contribution >= 0.6 is 11.6 Å². The Morgan fingerprint density at radius 3 is 2.76 bits per heavy atom. The number of aromatic nitrogens is 4. The number of hydrogen-bond donors (Lipinski definition) is 0. The molecule has 0 unspecified atom stereocenters. The van der Waals surface area contributed by atoms with Crippen LogP contribution in [-0.2, 0) is 24.8 Å². The highest BCUT2D eigenvalue weighted by molar-refractivity contribution is 6.30. The lowest BCUT2D eigenvalue weighted by atomic mass is 10.2. The molecule has 0 atom stereocenters. The molecule has 2 heterocycles. The minimum absolute atomic E-state index is 0.00935. The monoisotopic (exact) mass is 359 g/mol. The van der Waals surface area contributed by atoms with Crippen molar-refractivity contribution in [1.82, 2.24) is 24.8 Å². The van der Waals surface area contributed by atoms with Crippen LogP contribution in [0.15, 0.2) is 41.2 Å². The molecule has 0 bridgehead atoms. The molecule has 1 amide bonds. The molecule has 0 aliphatic carbocycles. The Morgan fingerprint density at radius 1 is 1.32 bits per heavy atom. The van der Waals surface area contributed by atoms with Gasteiger partial charge in [0.2, 0.25) is 17.6 Å². The molecule has 0 saturated heterocycles. The first-order valence-corrected chi connectivity index (χ1v) is 8.19. The van der Waals surface area contributed by atoms with Gasteiger partial charge in [-0.3, -0.25) is 9.48 Å². The van der Waals surface area contributed by atoms with E-state index in [0.29, 0.717) is 36.1 Å². The van der Waals surface area contributed by atoms with Crippen molar-refractivity contribution >= 4 is 17.5 Å². The Hall–Kier alpha value is -2.67. The zero-order valence-electron chi connectivity index (χ0n) is 14.0. The molecule has 0 spiro atoms. The van der Waals surface area contributed by atoms with Gasteiger partial charge in [0.1, 0.15) is 0 Å². The van der Waals surface area contributed by atoms with Gasteiger partial charge in [0.05, 0.1) is 6.20 Å².